The molecule has 5 heteroatoms. The SMILES string of the molecule is Cc1cc(N)cc(S(=O)(=O)NCC2CCCC(C)C2)c1. The van der Waals surface area contributed by atoms with Gasteiger partial charge in [-0.15, -0.1) is 0 Å². The van der Waals surface area contributed by atoms with Gasteiger partial charge in [0.15, 0.2) is 0 Å². The summed E-state index contributed by atoms with van der Waals surface area (Å²) >= 11 is 0. The highest BCUT2D eigenvalue weighted by molar-refractivity contribution is 7.89. The summed E-state index contributed by atoms with van der Waals surface area (Å²) in [6.45, 7) is 4.61. The van der Waals surface area contributed by atoms with E-state index >= 15 is 0 Å². The van der Waals surface area contributed by atoms with Crippen LogP contribution in [-0.2, 0) is 10.0 Å². The summed E-state index contributed by atoms with van der Waals surface area (Å²) in [4.78, 5) is 0.263. The minimum Gasteiger partial charge on any atom is -0.399 e. The van der Waals surface area contributed by atoms with E-state index in [0.29, 0.717) is 24.1 Å². The van der Waals surface area contributed by atoms with E-state index in [1.54, 1.807) is 12.1 Å². The fraction of sp³-hybridized carbons (Fsp3) is 0.600. The maximum atomic E-state index is 12.3. The van der Waals surface area contributed by atoms with Gasteiger partial charge in [-0.2, -0.15) is 0 Å². The Bertz CT molecular complexity index is 549. The first-order valence-corrected chi connectivity index (χ1v) is 8.72. The minimum absolute atomic E-state index is 0.263. The molecule has 1 aromatic rings. The average molecular weight is 296 g/mol. The van der Waals surface area contributed by atoms with Crippen molar-refractivity contribution in [1.82, 2.24) is 4.72 Å². The van der Waals surface area contributed by atoms with Crippen molar-refractivity contribution in [2.45, 2.75) is 44.4 Å². The highest BCUT2D eigenvalue weighted by atomic mass is 32.2. The van der Waals surface area contributed by atoms with Gasteiger partial charge in [0.2, 0.25) is 10.0 Å². The summed E-state index contributed by atoms with van der Waals surface area (Å²) in [7, 11) is -3.45. The molecule has 2 unspecified atom stereocenters. The Kier molecular flexibility index (Phi) is 4.70. The van der Waals surface area contributed by atoms with Crippen LogP contribution < -0.4 is 10.5 Å². The largest absolute Gasteiger partial charge is 0.399 e. The van der Waals surface area contributed by atoms with E-state index in [0.717, 1.165) is 18.4 Å². The van der Waals surface area contributed by atoms with E-state index in [4.69, 9.17) is 5.73 Å². The van der Waals surface area contributed by atoms with Crippen LogP contribution in [0.15, 0.2) is 23.1 Å². The molecular formula is C15H24N2O2S. The zero-order valence-electron chi connectivity index (χ0n) is 12.2. The number of benzene rings is 1. The van der Waals surface area contributed by atoms with Gasteiger partial charge in [-0.05, 0) is 55.4 Å². The molecule has 2 atom stereocenters. The molecule has 0 amide bonds. The smallest absolute Gasteiger partial charge is 0.240 e. The van der Waals surface area contributed by atoms with E-state index in [1.807, 2.05) is 6.92 Å². The molecule has 1 aliphatic rings. The molecule has 1 aliphatic carbocycles. The lowest BCUT2D eigenvalue weighted by molar-refractivity contribution is 0.283. The average Bonchev–Trinajstić information content (AvgIpc) is 2.35. The Labute approximate surface area is 121 Å². The molecule has 1 fully saturated rings. The molecule has 1 saturated carbocycles. The normalized spacial score (nSPS) is 23.7. The maximum absolute atomic E-state index is 12.3. The molecule has 112 valence electrons. The van der Waals surface area contributed by atoms with Gasteiger partial charge < -0.3 is 5.73 Å². The molecule has 0 saturated heterocycles. The van der Waals surface area contributed by atoms with Crippen molar-refractivity contribution >= 4 is 15.7 Å². The quantitative estimate of drug-likeness (QED) is 0.839. The Balaban J connectivity index is 2.03. The number of hydrogen-bond donors (Lipinski definition) is 2. The standard InChI is InChI=1S/C15H24N2O2S/c1-11-4-3-5-13(6-11)10-17-20(18,19)15-8-12(2)7-14(16)9-15/h7-9,11,13,17H,3-6,10,16H2,1-2H3. The number of rotatable bonds is 4. The van der Waals surface area contributed by atoms with Crippen LogP contribution in [-0.4, -0.2) is 15.0 Å². The summed E-state index contributed by atoms with van der Waals surface area (Å²) in [6.07, 6.45) is 4.68. The zero-order chi connectivity index (χ0) is 14.8. The van der Waals surface area contributed by atoms with Gasteiger partial charge in [0.05, 0.1) is 4.90 Å². The fourth-order valence-corrected chi connectivity index (χ4v) is 4.24. The van der Waals surface area contributed by atoms with Crippen LogP contribution in [0.3, 0.4) is 0 Å². The number of hydrogen-bond acceptors (Lipinski definition) is 3. The third kappa shape index (κ3) is 3.96. The number of anilines is 1. The monoisotopic (exact) mass is 296 g/mol. The van der Waals surface area contributed by atoms with E-state index < -0.39 is 10.0 Å². The van der Waals surface area contributed by atoms with Crippen LogP contribution in [0.4, 0.5) is 5.69 Å². The molecule has 2 rings (SSSR count). The molecule has 4 nitrogen and oxygen atoms in total. The second kappa shape index (κ2) is 6.14. The van der Waals surface area contributed by atoms with Gasteiger partial charge in [-0.25, -0.2) is 13.1 Å². The van der Waals surface area contributed by atoms with Crippen molar-refractivity contribution in [2.75, 3.05) is 12.3 Å². The fourth-order valence-electron chi connectivity index (χ4n) is 2.99. The van der Waals surface area contributed by atoms with Crippen LogP contribution in [0.25, 0.3) is 0 Å². The van der Waals surface area contributed by atoms with Crippen molar-refractivity contribution in [1.29, 1.82) is 0 Å². The maximum Gasteiger partial charge on any atom is 0.240 e. The Hall–Kier alpha value is -1.07. The minimum atomic E-state index is -3.45. The molecule has 20 heavy (non-hydrogen) atoms. The number of nitrogens with two attached hydrogens (primary N) is 1. The van der Waals surface area contributed by atoms with Crippen molar-refractivity contribution in [3.63, 3.8) is 0 Å². The van der Waals surface area contributed by atoms with Crippen molar-refractivity contribution < 1.29 is 8.42 Å². The van der Waals surface area contributed by atoms with E-state index in [2.05, 4.69) is 11.6 Å². The zero-order valence-corrected chi connectivity index (χ0v) is 13.0. The van der Waals surface area contributed by atoms with Gasteiger partial charge >= 0.3 is 0 Å². The number of nitrogen functional groups attached to an aromatic ring is 1. The van der Waals surface area contributed by atoms with Crippen LogP contribution >= 0.6 is 0 Å². The second-order valence-electron chi connectivity index (χ2n) is 6.07. The molecule has 0 radical (unpaired) electrons. The van der Waals surface area contributed by atoms with E-state index in [-0.39, 0.29) is 4.90 Å². The summed E-state index contributed by atoms with van der Waals surface area (Å²) < 4.78 is 27.3. The highest BCUT2D eigenvalue weighted by Crippen LogP contribution is 2.28. The van der Waals surface area contributed by atoms with Gasteiger partial charge in [-0.3, -0.25) is 0 Å². The first-order valence-electron chi connectivity index (χ1n) is 7.23. The predicted octanol–water partition coefficient (Wildman–Crippen LogP) is 2.68. The number of sulfonamides is 1. The lowest BCUT2D eigenvalue weighted by Gasteiger charge is -2.26. The molecule has 3 N–H and O–H groups in total. The Morgan fingerprint density at radius 1 is 1.30 bits per heavy atom. The lowest BCUT2D eigenvalue weighted by atomic mass is 9.83. The first-order chi connectivity index (χ1) is 9.37. The first kappa shape index (κ1) is 15.3. The Morgan fingerprint density at radius 2 is 2.05 bits per heavy atom. The molecule has 0 aromatic heterocycles. The van der Waals surface area contributed by atoms with Crippen molar-refractivity contribution in [3.8, 4) is 0 Å². The van der Waals surface area contributed by atoms with Crippen molar-refractivity contribution in [3.05, 3.63) is 23.8 Å². The van der Waals surface area contributed by atoms with Crippen LogP contribution in [0, 0.1) is 18.8 Å². The summed E-state index contributed by atoms with van der Waals surface area (Å²) in [5, 5.41) is 0. The topological polar surface area (TPSA) is 72.2 Å². The lowest BCUT2D eigenvalue weighted by Crippen LogP contribution is -2.31. The molecule has 0 bridgehead atoms. The van der Waals surface area contributed by atoms with E-state index in [1.165, 1.54) is 18.9 Å². The number of nitrogens with one attached hydrogen (secondary N) is 1. The summed E-state index contributed by atoms with van der Waals surface area (Å²) in [5.41, 5.74) is 7.06. The molecule has 0 heterocycles. The van der Waals surface area contributed by atoms with Crippen LogP contribution in [0.5, 0.6) is 0 Å². The van der Waals surface area contributed by atoms with Crippen LogP contribution in [0.1, 0.15) is 38.2 Å². The summed E-state index contributed by atoms with van der Waals surface area (Å²) in [5.74, 6) is 1.16. The highest BCUT2D eigenvalue weighted by Gasteiger charge is 2.22. The second-order valence-corrected chi connectivity index (χ2v) is 7.84. The molecule has 0 aliphatic heterocycles. The third-order valence-corrected chi connectivity index (χ3v) is 5.39. The molecule has 1 aromatic carbocycles. The third-order valence-electron chi connectivity index (χ3n) is 3.99. The molecular weight excluding hydrogens is 272 g/mol. The Morgan fingerprint density at radius 3 is 2.70 bits per heavy atom. The van der Waals surface area contributed by atoms with Crippen LogP contribution in [0.2, 0.25) is 0 Å². The van der Waals surface area contributed by atoms with Gasteiger partial charge in [0, 0.05) is 12.2 Å². The summed E-state index contributed by atoms with van der Waals surface area (Å²) in [6, 6.07) is 4.93. The van der Waals surface area contributed by atoms with Gasteiger partial charge in [-0.1, -0.05) is 19.8 Å². The van der Waals surface area contributed by atoms with Gasteiger partial charge in [0.1, 0.15) is 0 Å². The predicted molar refractivity (Wildman–Crippen MR) is 81.9 cm³/mol. The number of aryl methyl sites for hydroxylation is 1. The molecule has 0 spiro atoms. The van der Waals surface area contributed by atoms with E-state index in [9.17, 15) is 8.42 Å². The van der Waals surface area contributed by atoms with Gasteiger partial charge in [0.25, 0.3) is 0 Å². The van der Waals surface area contributed by atoms with Crippen molar-refractivity contribution in [2.24, 2.45) is 11.8 Å².